The normalized spacial score (nSPS) is 11.5. The van der Waals surface area contributed by atoms with Crippen LogP contribution in [0.3, 0.4) is 0 Å². The second-order valence-electron chi connectivity index (χ2n) is 3.52. The summed E-state index contributed by atoms with van der Waals surface area (Å²) in [5.74, 6) is -7.07. The lowest BCUT2D eigenvalue weighted by Crippen LogP contribution is -2.16. The number of carbonyl (C=O) groups excluding carboxylic acids is 1. The molecule has 0 bridgehead atoms. The second kappa shape index (κ2) is 6.14. The van der Waals surface area contributed by atoms with E-state index in [9.17, 15) is 22.8 Å². The van der Waals surface area contributed by atoms with Gasteiger partial charge in [-0.15, -0.1) is 0 Å². The molecule has 0 radical (unpaired) electrons. The van der Waals surface area contributed by atoms with Gasteiger partial charge in [0.25, 0.3) is 0 Å². The lowest BCUT2D eigenvalue weighted by atomic mass is 10.1. The molecule has 7 heteroatoms. The Hall–Kier alpha value is -2.15. The standard InChI is InChI=1S/C12H9F3O4/c1-19-5-10(16)7(12(17)18)2-6-3-8(13)11(15)9(14)4-6/h2-4H,5H2,1H3,(H,17,18). The van der Waals surface area contributed by atoms with Crippen molar-refractivity contribution in [3.8, 4) is 0 Å². The number of aliphatic carboxylic acids is 1. The molecule has 0 spiro atoms. The molecule has 1 aromatic rings. The predicted molar refractivity (Wildman–Crippen MR) is 58.8 cm³/mol. The molecule has 0 saturated heterocycles. The number of rotatable bonds is 5. The average Bonchev–Trinajstić information content (AvgIpc) is 2.32. The first-order valence-electron chi connectivity index (χ1n) is 4.98. The van der Waals surface area contributed by atoms with Crippen molar-refractivity contribution < 1.29 is 32.6 Å². The van der Waals surface area contributed by atoms with Crippen LogP contribution < -0.4 is 0 Å². The molecule has 0 aliphatic rings. The second-order valence-corrected chi connectivity index (χ2v) is 3.52. The Labute approximate surface area is 106 Å². The van der Waals surface area contributed by atoms with E-state index in [1.807, 2.05) is 0 Å². The number of carbonyl (C=O) groups is 2. The molecule has 0 atom stereocenters. The summed E-state index contributed by atoms with van der Waals surface area (Å²) in [6, 6.07) is 1.17. The summed E-state index contributed by atoms with van der Waals surface area (Å²) in [5, 5.41) is 8.82. The number of ether oxygens (including phenoxy) is 1. The third-order valence-corrected chi connectivity index (χ3v) is 2.12. The number of methoxy groups -OCH3 is 1. The van der Waals surface area contributed by atoms with Crippen LogP contribution in [0.1, 0.15) is 5.56 Å². The van der Waals surface area contributed by atoms with Crippen LogP contribution in [0, 0.1) is 17.5 Å². The number of halogens is 3. The molecule has 1 aromatic carbocycles. The molecular formula is C12H9F3O4. The van der Waals surface area contributed by atoms with Gasteiger partial charge in [0.2, 0.25) is 0 Å². The molecular weight excluding hydrogens is 265 g/mol. The first-order chi connectivity index (χ1) is 8.86. The number of hydrogen-bond acceptors (Lipinski definition) is 3. The molecule has 1 rings (SSSR count). The minimum Gasteiger partial charge on any atom is -0.478 e. The van der Waals surface area contributed by atoms with Gasteiger partial charge in [0.1, 0.15) is 12.2 Å². The summed E-state index contributed by atoms with van der Waals surface area (Å²) in [5.41, 5.74) is -0.995. The minimum atomic E-state index is -1.67. The maximum absolute atomic E-state index is 12.9. The summed E-state index contributed by atoms with van der Waals surface area (Å²) in [6.07, 6.45) is 0.745. The third-order valence-electron chi connectivity index (χ3n) is 2.12. The van der Waals surface area contributed by atoms with Crippen molar-refractivity contribution in [1.82, 2.24) is 0 Å². The van der Waals surface area contributed by atoms with Crippen molar-refractivity contribution in [3.05, 3.63) is 40.7 Å². The maximum Gasteiger partial charge on any atom is 0.339 e. The molecule has 0 aliphatic carbocycles. The Morgan fingerprint density at radius 2 is 1.79 bits per heavy atom. The lowest BCUT2D eigenvalue weighted by Gasteiger charge is -2.02. The Balaban J connectivity index is 3.23. The van der Waals surface area contributed by atoms with E-state index >= 15 is 0 Å². The highest BCUT2D eigenvalue weighted by atomic mass is 19.2. The maximum atomic E-state index is 12.9. The van der Waals surface area contributed by atoms with E-state index in [0.717, 1.165) is 6.08 Å². The van der Waals surface area contributed by atoms with Crippen LogP contribution in [-0.2, 0) is 14.3 Å². The van der Waals surface area contributed by atoms with Crippen LogP contribution in [0.2, 0.25) is 0 Å². The zero-order valence-electron chi connectivity index (χ0n) is 9.75. The van der Waals surface area contributed by atoms with Crippen LogP contribution in [-0.4, -0.2) is 30.6 Å². The van der Waals surface area contributed by atoms with Gasteiger partial charge in [-0.2, -0.15) is 0 Å². The topological polar surface area (TPSA) is 63.6 Å². The molecule has 1 N–H and O–H groups in total. The van der Waals surface area contributed by atoms with E-state index in [1.54, 1.807) is 0 Å². The van der Waals surface area contributed by atoms with E-state index in [-0.39, 0.29) is 5.56 Å². The fourth-order valence-corrected chi connectivity index (χ4v) is 1.30. The SMILES string of the molecule is COCC(=O)C(=Cc1cc(F)c(F)c(F)c1)C(=O)O. The Kier molecular flexibility index (Phi) is 4.82. The van der Waals surface area contributed by atoms with Gasteiger partial charge in [-0.1, -0.05) is 0 Å². The van der Waals surface area contributed by atoms with Gasteiger partial charge in [0.15, 0.2) is 23.2 Å². The predicted octanol–water partition coefficient (Wildman–Crippen LogP) is 1.79. The first kappa shape index (κ1) is 14.9. The van der Waals surface area contributed by atoms with Crippen molar-refractivity contribution in [2.24, 2.45) is 0 Å². The molecule has 0 fully saturated rings. The molecule has 102 valence electrons. The Morgan fingerprint density at radius 1 is 1.26 bits per heavy atom. The molecule has 0 saturated carbocycles. The zero-order valence-corrected chi connectivity index (χ0v) is 9.75. The molecule has 0 aliphatic heterocycles. The van der Waals surface area contributed by atoms with Gasteiger partial charge in [-0.3, -0.25) is 4.79 Å². The quantitative estimate of drug-likeness (QED) is 0.385. The van der Waals surface area contributed by atoms with Crippen LogP contribution >= 0.6 is 0 Å². The van der Waals surface area contributed by atoms with Crippen molar-refractivity contribution in [3.63, 3.8) is 0 Å². The zero-order chi connectivity index (χ0) is 14.6. The number of carboxylic acid groups (broad SMARTS) is 1. The van der Waals surface area contributed by atoms with Crippen molar-refractivity contribution in [2.75, 3.05) is 13.7 Å². The number of hydrogen-bond donors (Lipinski definition) is 1. The van der Waals surface area contributed by atoms with E-state index < -0.39 is 41.4 Å². The highest BCUT2D eigenvalue weighted by molar-refractivity contribution is 6.20. The first-order valence-corrected chi connectivity index (χ1v) is 4.98. The summed E-state index contributed by atoms with van der Waals surface area (Å²) >= 11 is 0. The molecule has 0 heterocycles. The van der Waals surface area contributed by atoms with Gasteiger partial charge in [0, 0.05) is 7.11 Å². The van der Waals surface area contributed by atoms with Gasteiger partial charge in [0.05, 0.1) is 0 Å². The van der Waals surface area contributed by atoms with Crippen molar-refractivity contribution >= 4 is 17.8 Å². The van der Waals surface area contributed by atoms with E-state index in [0.29, 0.717) is 12.1 Å². The van der Waals surface area contributed by atoms with E-state index in [2.05, 4.69) is 4.74 Å². The number of Topliss-reactive ketones (excluding diaryl/α,β-unsaturated/α-hetero) is 1. The van der Waals surface area contributed by atoms with Crippen LogP contribution in [0.25, 0.3) is 6.08 Å². The van der Waals surface area contributed by atoms with Gasteiger partial charge in [-0.25, -0.2) is 18.0 Å². The van der Waals surface area contributed by atoms with E-state index in [4.69, 9.17) is 5.11 Å². The largest absolute Gasteiger partial charge is 0.478 e. The highest BCUT2D eigenvalue weighted by Gasteiger charge is 2.18. The number of benzene rings is 1. The highest BCUT2D eigenvalue weighted by Crippen LogP contribution is 2.16. The van der Waals surface area contributed by atoms with Gasteiger partial charge in [-0.05, 0) is 23.8 Å². The third kappa shape index (κ3) is 3.65. The average molecular weight is 274 g/mol. The van der Waals surface area contributed by atoms with Gasteiger partial charge >= 0.3 is 5.97 Å². The fourth-order valence-electron chi connectivity index (χ4n) is 1.30. The van der Waals surface area contributed by atoms with E-state index in [1.165, 1.54) is 7.11 Å². The summed E-state index contributed by atoms with van der Waals surface area (Å²) in [4.78, 5) is 22.2. The molecule has 19 heavy (non-hydrogen) atoms. The Bertz CT molecular complexity index is 529. The summed E-state index contributed by atoms with van der Waals surface area (Å²) < 4.78 is 43.1. The van der Waals surface area contributed by atoms with Crippen LogP contribution in [0.15, 0.2) is 17.7 Å². The minimum absolute atomic E-state index is 0.279. The fraction of sp³-hybridized carbons (Fsp3) is 0.167. The molecule has 4 nitrogen and oxygen atoms in total. The summed E-state index contributed by atoms with van der Waals surface area (Å²) in [7, 11) is 1.19. The monoisotopic (exact) mass is 274 g/mol. The van der Waals surface area contributed by atoms with Crippen LogP contribution in [0.4, 0.5) is 13.2 Å². The Morgan fingerprint density at radius 3 is 2.21 bits per heavy atom. The van der Waals surface area contributed by atoms with Gasteiger partial charge < -0.3 is 9.84 Å². The molecule has 0 aromatic heterocycles. The van der Waals surface area contributed by atoms with Crippen molar-refractivity contribution in [1.29, 1.82) is 0 Å². The molecule has 0 amide bonds. The summed E-state index contributed by atoms with van der Waals surface area (Å²) in [6.45, 7) is -0.496. The number of ketones is 1. The van der Waals surface area contributed by atoms with Crippen LogP contribution in [0.5, 0.6) is 0 Å². The van der Waals surface area contributed by atoms with Crippen molar-refractivity contribution in [2.45, 2.75) is 0 Å². The molecule has 0 unspecified atom stereocenters. The lowest BCUT2D eigenvalue weighted by molar-refractivity contribution is -0.135. The number of carboxylic acids is 1. The smallest absolute Gasteiger partial charge is 0.339 e.